The summed E-state index contributed by atoms with van der Waals surface area (Å²) in [6, 6.07) is 5.83. The number of hydrogen-bond donors (Lipinski definition) is 2. The van der Waals surface area contributed by atoms with E-state index in [1.54, 1.807) is 12.4 Å². The van der Waals surface area contributed by atoms with Crippen LogP contribution in [0.1, 0.15) is 16.8 Å². The second-order valence-corrected chi connectivity index (χ2v) is 7.37. The number of nitrogens with zero attached hydrogens (tertiary/aromatic N) is 4. The van der Waals surface area contributed by atoms with E-state index in [1.807, 2.05) is 24.4 Å². The van der Waals surface area contributed by atoms with Gasteiger partial charge in [-0.15, -0.1) is 0 Å². The maximum atomic E-state index is 12.7. The van der Waals surface area contributed by atoms with Gasteiger partial charge in [-0.05, 0) is 23.8 Å². The van der Waals surface area contributed by atoms with Crippen molar-refractivity contribution in [3.05, 3.63) is 75.3 Å². The van der Waals surface area contributed by atoms with Crippen molar-refractivity contribution >= 4 is 22.5 Å². The summed E-state index contributed by atoms with van der Waals surface area (Å²) in [6.07, 6.45) is 7.49. The number of fused-ring (bicyclic) bond motifs is 2. The van der Waals surface area contributed by atoms with Gasteiger partial charge in [0.15, 0.2) is 0 Å². The van der Waals surface area contributed by atoms with E-state index in [-0.39, 0.29) is 5.56 Å². The topological polar surface area (TPSA) is 90.6 Å². The first-order valence-corrected chi connectivity index (χ1v) is 9.40. The average molecular weight is 393 g/mol. The molecule has 0 saturated carbocycles. The molecule has 0 spiro atoms. The Hall–Kier alpha value is -3.03. The summed E-state index contributed by atoms with van der Waals surface area (Å²) in [5.41, 5.74) is 4.41. The van der Waals surface area contributed by atoms with E-state index in [9.17, 15) is 4.79 Å². The highest BCUT2D eigenvalue weighted by Gasteiger charge is 2.22. The molecule has 1 aromatic carbocycles. The van der Waals surface area contributed by atoms with Gasteiger partial charge in [-0.2, -0.15) is 0 Å². The number of aromatic amines is 2. The monoisotopic (exact) mass is 392 g/mol. The number of nitrogens with one attached hydrogen (secondary N) is 2. The zero-order chi connectivity index (χ0) is 19.1. The number of rotatable bonds is 3. The first-order valence-electron chi connectivity index (χ1n) is 9.03. The number of H-pyrrole nitrogens is 2. The van der Waals surface area contributed by atoms with Crippen LogP contribution in [0.5, 0.6) is 0 Å². The van der Waals surface area contributed by atoms with Gasteiger partial charge < -0.3 is 9.97 Å². The summed E-state index contributed by atoms with van der Waals surface area (Å²) in [4.78, 5) is 33.7. The second kappa shape index (κ2) is 6.85. The Labute approximate surface area is 165 Å². The van der Waals surface area contributed by atoms with Crippen LogP contribution < -0.4 is 5.56 Å². The Bertz CT molecular complexity index is 1220. The van der Waals surface area contributed by atoms with Gasteiger partial charge in [-0.1, -0.05) is 11.6 Å². The summed E-state index contributed by atoms with van der Waals surface area (Å²) < 4.78 is 0. The van der Waals surface area contributed by atoms with E-state index in [4.69, 9.17) is 11.6 Å². The average Bonchev–Trinajstić information content (AvgIpc) is 3.11. The van der Waals surface area contributed by atoms with Crippen LogP contribution in [0.15, 0.2) is 47.9 Å². The molecule has 4 aromatic rings. The number of benzene rings is 1. The van der Waals surface area contributed by atoms with E-state index >= 15 is 0 Å². The number of halogens is 1. The molecule has 7 nitrogen and oxygen atoms in total. The SMILES string of the molecule is O=c1[nH]c(-c2cncnc2)nc2c1CN(Cc1c[nH]c3ccc(Cl)cc13)CC2. The van der Waals surface area contributed by atoms with Gasteiger partial charge in [0.25, 0.3) is 5.56 Å². The van der Waals surface area contributed by atoms with Crippen molar-refractivity contribution < 1.29 is 0 Å². The van der Waals surface area contributed by atoms with E-state index in [0.717, 1.165) is 46.7 Å². The minimum Gasteiger partial charge on any atom is -0.361 e. The molecule has 1 aliphatic heterocycles. The number of hydrogen-bond acceptors (Lipinski definition) is 5. The highest BCUT2D eigenvalue weighted by Crippen LogP contribution is 2.25. The molecule has 0 unspecified atom stereocenters. The normalized spacial score (nSPS) is 14.3. The molecule has 0 atom stereocenters. The summed E-state index contributed by atoms with van der Waals surface area (Å²) in [5, 5.41) is 1.83. The molecule has 5 rings (SSSR count). The van der Waals surface area contributed by atoms with Crippen molar-refractivity contribution in [2.45, 2.75) is 19.5 Å². The molecule has 1 aliphatic rings. The van der Waals surface area contributed by atoms with Gasteiger partial charge >= 0.3 is 0 Å². The van der Waals surface area contributed by atoms with Crippen molar-refractivity contribution in [3.63, 3.8) is 0 Å². The Morgan fingerprint density at radius 2 is 2.07 bits per heavy atom. The van der Waals surface area contributed by atoms with Gasteiger partial charge in [0.1, 0.15) is 12.2 Å². The molecular formula is C20H17ClN6O. The van der Waals surface area contributed by atoms with Crippen molar-refractivity contribution in [2.24, 2.45) is 0 Å². The highest BCUT2D eigenvalue weighted by atomic mass is 35.5. The van der Waals surface area contributed by atoms with Crippen LogP contribution in [0.25, 0.3) is 22.3 Å². The van der Waals surface area contributed by atoms with Crippen LogP contribution in [0.4, 0.5) is 0 Å². The van der Waals surface area contributed by atoms with Crippen molar-refractivity contribution in [3.8, 4) is 11.4 Å². The van der Waals surface area contributed by atoms with E-state index in [2.05, 4.69) is 29.8 Å². The standard InChI is InChI=1S/C20H17ClN6O/c21-14-1-2-17-15(5-14)13(8-24-17)9-27-4-3-18-16(10-27)20(28)26-19(25-18)12-6-22-11-23-7-12/h1-2,5-8,11,24H,3-4,9-10H2,(H,25,26,28). The molecule has 2 N–H and O–H groups in total. The fourth-order valence-corrected chi connectivity index (χ4v) is 3.87. The van der Waals surface area contributed by atoms with Crippen LogP contribution in [0, 0.1) is 0 Å². The molecule has 140 valence electrons. The highest BCUT2D eigenvalue weighted by molar-refractivity contribution is 6.31. The third-order valence-corrected chi connectivity index (χ3v) is 5.34. The Morgan fingerprint density at radius 1 is 1.21 bits per heavy atom. The lowest BCUT2D eigenvalue weighted by Crippen LogP contribution is -2.35. The van der Waals surface area contributed by atoms with Crippen molar-refractivity contribution in [2.75, 3.05) is 6.54 Å². The Kier molecular flexibility index (Phi) is 4.18. The third-order valence-electron chi connectivity index (χ3n) is 5.11. The summed E-state index contributed by atoms with van der Waals surface area (Å²) in [5.74, 6) is 0.518. The van der Waals surface area contributed by atoms with Crippen LogP contribution >= 0.6 is 11.6 Å². The van der Waals surface area contributed by atoms with Gasteiger partial charge in [0.05, 0.1) is 16.8 Å². The molecule has 8 heteroatoms. The zero-order valence-electron chi connectivity index (χ0n) is 14.9. The fourth-order valence-electron chi connectivity index (χ4n) is 3.70. The molecule has 3 aromatic heterocycles. The van der Waals surface area contributed by atoms with Crippen molar-refractivity contribution in [1.82, 2.24) is 29.8 Å². The van der Waals surface area contributed by atoms with Gasteiger partial charge in [0.2, 0.25) is 0 Å². The van der Waals surface area contributed by atoms with Crippen LogP contribution in [-0.2, 0) is 19.5 Å². The minimum absolute atomic E-state index is 0.101. The fraction of sp³-hybridized carbons (Fsp3) is 0.200. The predicted octanol–water partition coefficient (Wildman–Crippen LogP) is 2.92. The lowest BCUT2D eigenvalue weighted by Gasteiger charge is -2.27. The quantitative estimate of drug-likeness (QED) is 0.559. The molecule has 0 amide bonds. The lowest BCUT2D eigenvalue weighted by molar-refractivity contribution is 0.242. The largest absolute Gasteiger partial charge is 0.361 e. The van der Waals surface area contributed by atoms with Gasteiger partial charge in [0, 0.05) is 60.6 Å². The molecular weight excluding hydrogens is 376 g/mol. The molecule has 4 heterocycles. The van der Waals surface area contributed by atoms with Gasteiger partial charge in [-0.3, -0.25) is 9.69 Å². The summed E-state index contributed by atoms with van der Waals surface area (Å²) in [6.45, 7) is 2.14. The molecule has 0 radical (unpaired) electrons. The van der Waals surface area contributed by atoms with E-state index in [0.29, 0.717) is 17.9 Å². The second-order valence-electron chi connectivity index (χ2n) is 6.93. The van der Waals surface area contributed by atoms with E-state index < -0.39 is 0 Å². The first kappa shape index (κ1) is 17.1. The third kappa shape index (κ3) is 3.08. The predicted molar refractivity (Wildman–Crippen MR) is 107 cm³/mol. The molecule has 0 bridgehead atoms. The Morgan fingerprint density at radius 3 is 2.93 bits per heavy atom. The summed E-state index contributed by atoms with van der Waals surface area (Å²) in [7, 11) is 0. The minimum atomic E-state index is -0.101. The van der Waals surface area contributed by atoms with Gasteiger partial charge in [-0.25, -0.2) is 15.0 Å². The molecule has 28 heavy (non-hydrogen) atoms. The van der Waals surface area contributed by atoms with Crippen molar-refractivity contribution in [1.29, 1.82) is 0 Å². The molecule has 0 saturated heterocycles. The van der Waals surface area contributed by atoms with E-state index in [1.165, 1.54) is 11.9 Å². The summed E-state index contributed by atoms with van der Waals surface area (Å²) >= 11 is 6.15. The smallest absolute Gasteiger partial charge is 0.255 e. The molecule has 0 fully saturated rings. The zero-order valence-corrected chi connectivity index (χ0v) is 15.7. The number of aromatic nitrogens is 5. The Balaban J connectivity index is 1.42. The van der Waals surface area contributed by atoms with Crippen LogP contribution in [0.3, 0.4) is 0 Å². The first-order chi connectivity index (χ1) is 13.7. The lowest BCUT2D eigenvalue weighted by atomic mass is 10.1. The maximum absolute atomic E-state index is 12.7. The molecule has 0 aliphatic carbocycles. The van der Waals surface area contributed by atoms with Crippen LogP contribution in [-0.4, -0.2) is 36.4 Å². The van der Waals surface area contributed by atoms with Crippen LogP contribution in [0.2, 0.25) is 5.02 Å². The maximum Gasteiger partial charge on any atom is 0.255 e.